The number of para-hydroxylation sites is 2. The first-order chi connectivity index (χ1) is 9.74. The predicted octanol–water partition coefficient (Wildman–Crippen LogP) is 2.28. The summed E-state index contributed by atoms with van der Waals surface area (Å²) in [6.07, 6.45) is 2.47. The molecule has 2 aliphatic rings. The number of hydrogen-bond acceptors (Lipinski definition) is 4. The quantitative estimate of drug-likeness (QED) is 0.869. The van der Waals surface area contributed by atoms with Gasteiger partial charge < -0.3 is 14.4 Å². The maximum Gasteiger partial charge on any atom is 0.228 e. The zero-order chi connectivity index (χ0) is 13.9. The molecule has 0 bridgehead atoms. The van der Waals surface area contributed by atoms with Crippen LogP contribution in [0.15, 0.2) is 24.3 Å². The Kier molecular flexibility index (Phi) is 4.17. The summed E-state index contributed by atoms with van der Waals surface area (Å²) in [6.45, 7) is 2.14. The van der Waals surface area contributed by atoms with Gasteiger partial charge in [-0.1, -0.05) is 12.1 Å². The molecule has 0 saturated carbocycles. The molecular weight excluding hydrogens is 274 g/mol. The van der Waals surface area contributed by atoms with Gasteiger partial charge in [-0.3, -0.25) is 4.79 Å². The van der Waals surface area contributed by atoms with Gasteiger partial charge in [-0.25, -0.2) is 0 Å². The van der Waals surface area contributed by atoms with Crippen molar-refractivity contribution >= 4 is 24.2 Å². The molecule has 0 aromatic heterocycles. The monoisotopic (exact) mass is 293 g/mol. The van der Waals surface area contributed by atoms with Crippen molar-refractivity contribution in [3.8, 4) is 5.75 Å². The van der Waals surface area contributed by atoms with Crippen LogP contribution < -0.4 is 9.64 Å². The Hall–Kier alpha value is -1.20. The van der Waals surface area contributed by atoms with Gasteiger partial charge in [-0.05, 0) is 12.1 Å². The van der Waals surface area contributed by atoms with E-state index in [2.05, 4.69) is 12.6 Å². The molecule has 1 unspecified atom stereocenters. The zero-order valence-electron chi connectivity index (χ0n) is 11.3. The fourth-order valence-electron chi connectivity index (χ4n) is 2.67. The second-order valence-corrected chi connectivity index (χ2v) is 5.99. The van der Waals surface area contributed by atoms with Crippen LogP contribution in [0.3, 0.4) is 0 Å². The smallest absolute Gasteiger partial charge is 0.228 e. The third-order valence-corrected chi connectivity index (χ3v) is 4.07. The molecule has 5 heteroatoms. The van der Waals surface area contributed by atoms with Gasteiger partial charge in [0.2, 0.25) is 5.91 Å². The lowest BCUT2D eigenvalue weighted by Gasteiger charge is -2.26. The number of hydrogen-bond donors (Lipinski definition) is 1. The topological polar surface area (TPSA) is 38.8 Å². The highest BCUT2D eigenvalue weighted by atomic mass is 32.1. The Labute approximate surface area is 124 Å². The maximum absolute atomic E-state index is 12.0. The van der Waals surface area contributed by atoms with E-state index in [-0.39, 0.29) is 17.3 Å². The Morgan fingerprint density at radius 2 is 2.00 bits per heavy atom. The lowest BCUT2D eigenvalue weighted by Crippen LogP contribution is -2.28. The third-order valence-electron chi connectivity index (χ3n) is 3.72. The lowest BCUT2D eigenvalue weighted by molar-refractivity contribution is -0.117. The summed E-state index contributed by atoms with van der Waals surface area (Å²) in [5.41, 5.74) is 0.862. The van der Waals surface area contributed by atoms with Crippen LogP contribution in [-0.4, -0.2) is 37.0 Å². The van der Waals surface area contributed by atoms with Crippen LogP contribution in [0.2, 0.25) is 0 Å². The van der Waals surface area contributed by atoms with Crippen LogP contribution in [0, 0.1) is 0 Å². The van der Waals surface area contributed by atoms with Crippen molar-refractivity contribution in [3.05, 3.63) is 24.3 Å². The van der Waals surface area contributed by atoms with Crippen LogP contribution >= 0.6 is 12.6 Å². The Morgan fingerprint density at radius 1 is 1.25 bits per heavy atom. The second-order valence-electron chi connectivity index (χ2n) is 5.26. The van der Waals surface area contributed by atoms with Gasteiger partial charge in [0.1, 0.15) is 11.9 Å². The number of thiol groups is 1. The summed E-state index contributed by atoms with van der Waals surface area (Å²) in [5, 5.41) is 0.110. The molecule has 1 aromatic carbocycles. The van der Waals surface area contributed by atoms with E-state index in [0.29, 0.717) is 13.0 Å². The van der Waals surface area contributed by atoms with E-state index in [1.54, 1.807) is 4.90 Å². The minimum atomic E-state index is 0.110. The summed E-state index contributed by atoms with van der Waals surface area (Å²) in [6, 6.07) is 7.75. The summed E-state index contributed by atoms with van der Waals surface area (Å²) in [4.78, 5) is 13.8. The maximum atomic E-state index is 12.0. The highest BCUT2D eigenvalue weighted by Crippen LogP contribution is 2.33. The van der Waals surface area contributed by atoms with Gasteiger partial charge >= 0.3 is 0 Å². The largest absolute Gasteiger partial charge is 0.488 e. The summed E-state index contributed by atoms with van der Waals surface area (Å²) in [5.74, 6) is 0.906. The van der Waals surface area contributed by atoms with E-state index in [4.69, 9.17) is 9.47 Å². The minimum absolute atomic E-state index is 0.110. The molecule has 20 heavy (non-hydrogen) atoms. The van der Waals surface area contributed by atoms with Gasteiger partial charge in [-0.15, -0.1) is 0 Å². The molecule has 2 aliphatic heterocycles. The van der Waals surface area contributed by atoms with Gasteiger partial charge in [0, 0.05) is 31.1 Å². The number of rotatable bonds is 3. The minimum Gasteiger partial charge on any atom is -0.488 e. The fourth-order valence-corrected chi connectivity index (χ4v) is 2.99. The molecule has 0 spiro atoms. The summed E-state index contributed by atoms with van der Waals surface area (Å²) in [7, 11) is 0. The second kappa shape index (κ2) is 6.06. The van der Waals surface area contributed by atoms with Crippen molar-refractivity contribution in [1.82, 2.24) is 0 Å². The van der Waals surface area contributed by atoms with Crippen molar-refractivity contribution in [1.29, 1.82) is 0 Å². The molecule has 0 aliphatic carbocycles. The van der Waals surface area contributed by atoms with Gasteiger partial charge in [-0.2, -0.15) is 12.6 Å². The number of nitrogens with zero attached hydrogens (tertiary/aromatic N) is 1. The highest BCUT2D eigenvalue weighted by Gasteiger charge is 2.30. The average Bonchev–Trinajstić information content (AvgIpc) is 2.79. The first kappa shape index (κ1) is 13.8. The molecule has 3 rings (SSSR count). The van der Waals surface area contributed by atoms with E-state index in [1.807, 2.05) is 24.3 Å². The van der Waals surface area contributed by atoms with E-state index >= 15 is 0 Å². The summed E-state index contributed by atoms with van der Waals surface area (Å²) >= 11 is 4.41. The van der Waals surface area contributed by atoms with Crippen LogP contribution in [0.5, 0.6) is 5.75 Å². The van der Waals surface area contributed by atoms with Crippen molar-refractivity contribution in [2.75, 3.05) is 24.7 Å². The van der Waals surface area contributed by atoms with Crippen LogP contribution in [0.25, 0.3) is 0 Å². The number of ether oxygens (including phenoxy) is 2. The SMILES string of the molecule is O=C1CC(S)CN1c1ccccc1OC1CCOCC1. The molecule has 108 valence electrons. The molecular formula is C15H19NO3S. The van der Waals surface area contributed by atoms with E-state index in [9.17, 15) is 4.79 Å². The molecule has 0 radical (unpaired) electrons. The molecule has 2 fully saturated rings. The van der Waals surface area contributed by atoms with Crippen molar-refractivity contribution in [2.45, 2.75) is 30.6 Å². The Balaban J connectivity index is 1.79. The van der Waals surface area contributed by atoms with Crippen molar-refractivity contribution < 1.29 is 14.3 Å². The van der Waals surface area contributed by atoms with Gasteiger partial charge in [0.25, 0.3) is 0 Å². The van der Waals surface area contributed by atoms with Crippen molar-refractivity contribution in [2.24, 2.45) is 0 Å². The van der Waals surface area contributed by atoms with Gasteiger partial charge in [0.05, 0.1) is 18.9 Å². The number of anilines is 1. The number of carbonyl (C=O) groups excluding carboxylic acids is 1. The number of amides is 1. The Morgan fingerprint density at radius 3 is 2.70 bits per heavy atom. The molecule has 1 aromatic rings. The molecule has 2 saturated heterocycles. The van der Waals surface area contributed by atoms with E-state index in [0.717, 1.165) is 37.5 Å². The van der Waals surface area contributed by atoms with Crippen molar-refractivity contribution in [3.63, 3.8) is 0 Å². The van der Waals surface area contributed by atoms with Gasteiger partial charge in [0.15, 0.2) is 0 Å². The number of carbonyl (C=O) groups is 1. The lowest BCUT2D eigenvalue weighted by atomic mass is 10.1. The molecule has 2 heterocycles. The molecule has 1 atom stereocenters. The molecule has 1 amide bonds. The molecule has 0 N–H and O–H groups in total. The zero-order valence-corrected chi connectivity index (χ0v) is 12.2. The number of benzene rings is 1. The fraction of sp³-hybridized carbons (Fsp3) is 0.533. The molecule has 4 nitrogen and oxygen atoms in total. The van der Waals surface area contributed by atoms with Crippen LogP contribution in [0.4, 0.5) is 5.69 Å². The predicted molar refractivity (Wildman–Crippen MR) is 80.7 cm³/mol. The Bertz CT molecular complexity index is 488. The third kappa shape index (κ3) is 2.94. The summed E-state index contributed by atoms with van der Waals surface area (Å²) < 4.78 is 11.4. The first-order valence-corrected chi connectivity index (χ1v) is 7.57. The standard InChI is InChI=1S/C15H19NO3S/c17-15-9-12(20)10-16(15)13-3-1-2-4-14(13)19-11-5-7-18-8-6-11/h1-4,11-12,20H,5-10H2. The average molecular weight is 293 g/mol. The normalized spacial score (nSPS) is 24.1. The van der Waals surface area contributed by atoms with E-state index in [1.165, 1.54) is 0 Å². The van der Waals surface area contributed by atoms with Crippen LogP contribution in [0.1, 0.15) is 19.3 Å². The first-order valence-electron chi connectivity index (χ1n) is 7.06. The van der Waals surface area contributed by atoms with Crippen LogP contribution in [-0.2, 0) is 9.53 Å². The van der Waals surface area contributed by atoms with E-state index < -0.39 is 0 Å². The highest BCUT2D eigenvalue weighted by molar-refractivity contribution is 7.81.